The van der Waals surface area contributed by atoms with Crippen LogP contribution in [0.1, 0.15) is 41.8 Å². The SMILES string of the molecule is COc1ccc(CCN(CC(C)(C)C)C(=O)c2csc(CN)n2)cc1.Cl. The Labute approximate surface area is 166 Å². The molecule has 2 aromatic rings. The first kappa shape index (κ1) is 22.4. The molecule has 0 saturated heterocycles. The minimum Gasteiger partial charge on any atom is -0.497 e. The number of thiazole rings is 1. The summed E-state index contributed by atoms with van der Waals surface area (Å²) in [7, 11) is 1.65. The lowest BCUT2D eigenvalue weighted by molar-refractivity contribution is 0.0692. The molecule has 1 aromatic carbocycles. The number of aromatic nitrogens is 1. The zero-order valence-electron chi connectivity index (χ0n) is 15.8. The van der Waals surface area contributed by atoms with Gasteiger partial charge in [-0.1, -0.05) is 32.9 Å². The second-order valence-electron chi connectivity index (χ2n) is 7.22. The summed E-state index contributed by atoms with van der Waals surface area (Å²) >= 11 is 1.43. The molecule has 0 bridgehead atoms. The smallest absolute Gasteiger partial charge is 0.273 e. The van der Waals surface area contributed by atoms with E-state index >= 15 is 0 Å². The van der Waals surface area contributed by atoms with Crippen molar-refractivity contribution in [3.8, 4) is 5.75 Å². The maximum atomic E-state index is 12.9. The number of amides is 1. The Morgan fingerprint density at radius 3 is 2.42 bits per heavy atom. The van der Waals surface area contributed by atoms with E-state index in [0.717, 1.165) is 17.2 Å². The summed E-state index contributed by atoms with van der Waals surface area (Å²) < 4.78 is 5.19. The predicted octanol–water partition coefficient (Wildman–Crippen LogP) is 3.76. The van der Waals surface area contributed by atoms with Gasteiger partial charge in [0.2, 0.25) is 0 Å². The lowest BCUT2D eigenvalue weighted by Gasteiger charge is -2.29. The molecular weight excluding hydrogens is 370 g/mol. The summed E-state index contributed by atoms with van der Waals surface area (Å²) in [5, 5.41) is 2.59. The number of ether oxygens (including phenoxy) is 1. The summed E-state index contributed by atoms with van der Waals surface area (Å²) in [4.78, 5) is 19.1. The molecule has 2 N–H and O–H groups in total. The molecule has 1 heterocycles. The first-order chi connectivity index (χ1) is 11.8. The average Bonchev–Trinajstić information content (AvgIpc) is 3.06. The van der Waals surface area contributed by atoms with Crippen LogP contribution in [0.4, 0.5) is 0 Å². The molecule has 7 heteroatoms. The zero-order chi connectivity index (χ0) is 18.4. The van der Waals surface area contributed by atoms with Crippen LogP contribution in [-0.4, -0.2) is 36.0 Å². The fourth-order valence-corrected chi connectivity index (χ4v) is 3.19. The van der Waals surface area contributed by atoms with E-state index in [1.807, 2.05) is 29.2 Å². The highest BCUT2D eigenvalue weighted by Gasteiger charge is 2.23. The maximum absolute atomic E-state index is 12.9. The van der Waals surface area contributed by atoms with Crippen LogP contribution in [0.2, 0.25) is 0 Å². The third-order valence-electron chi connectivity index (χ3n) is 3.73. The number of methoxy groups -OCH3 is 1. The van der Waals surface area contributed by atoms with Crippen molar-refractivity contribution in [3.63, 3.8) is 0 Å². The van der Waals surface area contributed by atoms with Gasteiger partial charge in [-0.15, -0.1) is 23.7 Å². The predicted molar refractivity (Wildman–Crippen MR) is 109 cm³/mol. The zero-order valence-corrected chi connectivity index (χ0v) is 17.5. The van der Waals surface area contributed by atoms with Crippen LogP contribution < -0.4 is 10.5 Å². The highest BCUT2D eigenvalue weighted by atomic mass is 35.5. The molecule has 1 amide bonds. The topological polar surface area (TPSA) is 68.5 Å². The van der Waals surface area contributed by atoms with Crippen molar-refractivity contribution >= 4 is 29.7 Å². The number of hydrogen-bond donors (Lipinski definition) is 1. The van der Waals surface area contributed by atoms with Crippen molar-refractivity contribution in [2.45, 2.75) is 33.7 Å². The van der Waals surface area contributed by atoms with Gasteiger partial charge < -0.3 is 15.4 Å². The van der Waals surface area contributed by atoms with Crippen LogP contribution in [-0.2, 0) is 13.0 Å². The monoisotopic (exact) mass is 397 g/mol. The van der Waals surface area contributed by atoms with Crippen molar-refractivity contribution in [2.75, 3.05) is 20.2 Å². The molecule has 2 rings (SSSR count). The van der Waals surface area contributed by atoms with Gasteiger partial charge in [0, 0.05) is 25.0 Å². The summed E-state index contributed by atoms with van der Waals surface area (Å²) in [6, 6.07) is 7.96. The molecule has 144 valence electrons. The maximum Gasteiger partial charge on any atom is 0.273 e. The molecule has 0 atom stereocenters. The van der Waals surface area contributed by atoms with Crippen LogP contribution in [0.5, 0.6) is 5.75 Å². The van der Waals surface area contributed by atoms with Gasteiger partial charge in [-0.2, -0.15) is 0 Å². The van der Waals surface area contributed by atoms with E-state index in [2.05, 4.69) is 25.8 Å². The van der Waals surface area contributed by atoms with E-state index in [0.29, 0.717) is 25.3 Å². The molecule has 5 nitrogen and oxygen atoms in total. The van der Waals surface area contributed by atoms with Gasteiger partial charge in [0.05, 0.1) is 7.11 Å². The Kier molecular flexibility index (Phi) is 8.53. The van der Waals surface area contributed by atoms with E-state index in [9.17, 15) is 4.79 Å². The van der Waals surface area contributed by atoms with Crippen LogP contribution in [0, 0.1) is 5.41 Å². The van der Waals surface area contributed by atoms with Gasteiger partial charge in [-0.25, -0.2) is 4.98 Å². The van der Waals surface area contributed by atoms with Crippen molar-refractivity contribution < 1.29 is 9.53 Å². The lowest BCUT2D eigenvalue weighted by Crippen LogP contribution is -2.39. The van der Waals surface area contributed by atoms with Crippen LogP contribution in [0.25, 0.3) is 0 Å². The van der Waals surface area contributed by atoms with Gasteiger partial charge >= 0.3 is 0 Å². The minimum absolute atomic E-state index is 0. The molecule has 26 heavy (non-hydrogen) atoms. The number of carbonyl (C=O) groups is 1. The minimum atomic E-state index is -0.0283. The van der Waals surface area contributed by atoms with E-state index in [4.69, 9.17) is 10.5 Å². The highest BCUT2D eigenvalue weighted by Crippen LogP contribution is 2.19. The Morgan fingerprint density at radius 1 is 1.27 bits per heavy atom. The van der Waals surface area contributed by atoms with Crippen molar-refractivity contribution in [2.24, 2.45) is 11.1 Å². The van der Waals surface area contributed by atoms with E-state index in [1.165, 1.54) is 16.9 Å². The van der Waals surface area contributed by atoms with Crippen molar-refractivity contribution in [1.82, 2.24) is 9.88 Å². The number of benzene rings is 1. The first-order valence-corrected chi connectivity index (χ1v) is 9.27. The van der Waals surface area contributed by atoms with Gasteiger partial charge in [0.15, 0.2) is 0 Å². The number of carbonyl (C=O) groups excluding carboxylic acids is 1. The number of rotatable bonds is 7. The molecule has 0 aliphatic heterocycles. The molecule has 0 saturated carbocycles. The quantitative estimate of drug-likeness (QED) is 0.772. The largest absolute Gasteiger partial charge is 0.497 e. The highest BCUT2D eigenvalue weighted by molar-refractivity contribution is 7.09. The third-order valence-corrected chi connectivity index (χ3v) is 4.60. The normalized spacial score (nSPS) is 11.0. The number of halogens is 1. The van der Waals surface area contributed by atoms with Crippen LogP contribution in [0.15, 0.2) is 29.6 Å². The lowest BCUT2D eigenvalue weighted by atomic mass is 9.95. The summed E-state index contributed by atoms with van der Waals surface area (Å²) in [6.45, 7) is 8.09. The van der Waals surface area contributed by atoms with E-state index in [1.54, 1.807) is 12.5 Å². The van der Waals surface area contributed by atoms with Gasteiger partial charge in [-0.3, -0.25) is 4.79 Å². The Balaban J connectivity index is 0.00000338. The summed E-state index contributed by atoms with van der Waals surface area (Å²) in [6.07, 6.45) is 0.791. The van der Waals surface area contributed by atoms with Crippen LogP contribution in [0.3, 0.4) is 0 Å². The fourth-order valence-electron chi connectivity index (χ4n) is 2.55. The fraction of sp³-hybridized carbons (Fsp3) is 0.474. The number of nitrogens with two attached hydrogens (primary N) is 1. The molecule has 0 aliphatic rings. The third kappa shape index (κ3) is 6.59. The Bertz CT molecular complexity index is 696. The molecular formula is C19H28ClN3O2S. The molecule has 0 aliphatic carbocycles. The standard InChI is InChI=1S/C19H27N3O2S.ClH/c1-19(2,3)13-22(18(23)16-12-25-17(11-20)21-16)10-9-14-5-7-15(24-4)8-6-14;/h5-8,12H,9-11,13,20H2,1-4H3;1H. The second-order valence-corrected chi connectivity index (χ2v) is 8.16. The summed E-state index contributed by atoms with van der Waals surface area (Å²) in [5.41, 5.74) is 7.29. The van der Waals surface area contributed by atoms with Gasteiger partial charge in [-0.05, 0) is 29.5 Å². The number of hydrogen-bond acceptors (Lipinski definition) is 5. The van der Waals surface area contributed by atoms with Gasteiger partial charge in [0.25, 0.3) is 5.91 Å². The van der Waals surface area contributed by atoms with E-state index in [-0.39, 0.29) is 23.7 Å². The molecule has 0 unspecified atom stereocenters. The summed E-state index contributed by atoms with van der Waals surface area (Å²) in [5.74, 6) is 0.808. The van der Waals surface area contributed by atoms with Crippen molar-refractivity contribution in [3.05, 3.63) is 45.9 Å². The van der Waals surface area contributed by atoms with Gasteiger partial charge in [0.1, 0.15) is 16.5 Å². The Hall–Kier alpha value is -1.63. The number of nitrogens with zero attached hydrogens (tertiary/aromatic N) is 2. The molecule has 0 spiro atoms. The molecule has 1 aromatic heterocycles. The Morgan fingerprint density at radius 2 is 1.92 bits per heavy atom. The average molecular weight is 398 g/mol. The van der Waals surface area contributed by atoms with E-state index < -0.39 is 0 Å². The molecule has 0 fully saturated rings. The second kappa shape index (κ2) is 9.90. The van der Waals surface area contributed by atoms with Crippen LogP contribution >= 0.6 is 23.7 Å². The van der Waals surface area contributed by atoms with Crippen molar-refractivity contribution in [1.29, 1.82) is 0 Å². The molecule has 0 radical (unpaired) electrons. The first-order valence-electron chi connectivity index (χ1n) is 8.39.